The molecule has 1 amide bonds. The highest BCUT2D eigenvalue weighted by Gasteiger charge is 2.19. The van der Waals surface area contributed by atoms with E-state index in [1.807, 2.05) is 75.2 Å². The molecule has 25 heavy (non-hydrogen) atoms. The van der Waals surface area contributed by atoms with E-state index < -0.39 is 0 Å². The van der Waals surface area contributed by atoms with Gasteiger partial charge in [0.15, 0.2) is 0 Å². The third kappa shape index (κ3) is 5.58. The molecule has 1 N–H and O–H groups in total. The average molecular weight is 405 g/mol. The minimum absolute atomic E-state index is 0.0296. The molecule has 0 heterocycles. The van der Waals surface area contributed by atoms with Gasteiger partial charge in [-0.05, 0) is 79.1 Å². The second-order valence-corrected chi connectivity index (χ2v) is 6.99. The molecule has 0 aromatic heterocycles. The highest BCUT2D eigenvalue weighted by atomic mass is 79.9. The Morgan fingerprint density at radius 1 is 1.24 bits per heavy atom. The molecule has 0 aliphatic rings. The van der Waals surface area contributed by atoms with Crippen LogP contribution in [0.5, 0.6) is 5.75 Å². The van der Waals surface area contributed by atoms with Gasteiger partial charge >= 0.3 is 0 Å². The average Bonchev–Trinajstić information content (AvgIpc) is 2.58. The van der Waals surface area contributed by atoms with E-state index in [0.717, 1.165) is 27.0 Å². The second kappa shape index (κ2) is 9.02. The van der Waals surface area contributed by atoms with Crippen molar-refractivity contribution >= 4 is 27.5 Å². The fourth-order valence-electron chi connectivity index (χ4n) is 2.44. The van der Waals surface area contributed by atoms with Gasteiger partial charge in [0.1, 0.15) is 5.75 Å². The first-order valence-corrected chi connectivity index (χ1v) is 9.19. The van der Waals surface area contributed by atoms with E-state index in [4.69, 9.17) is 4.74 Å². The smallest absolute Gasteiger partial charge is 0.241 e. The number of nitrogens with one attached hydrogen (secondary N) is 1. The van der Waals surface area contributed by atoms with Gasteiger partial charge in [-0.1, -0.05) is 18.2 Å². The van der Waals surface area contributed by atoms with Gasteiger partial charge in [-0.15, -0.1) is 0 Å². The number of amides is 1. The maximum atomic E-state index is 12.5. The summed E-state index contributed by atoms with van der Waals surface area (Å²) in [7, 11) is 1.95. The predicted octanol–water partition coefficient (Wildman–Crippen LogP) is 4.62. The first-order chi connectivity index (χ1) is 11.9. The summed E-state index contributed by atoms with van der Waals surface area (Å²) in [5.41, 5.74) is 3.07. The zero-order valence-electron chi connectivity index (χ0n) is 15.2. The van der Waals surface area contributed by atoms with Gasteiger partial charge in [0.25, 0.3) is 0 Å². The van der Waals surface area contributed by atoms with Crippen LogP contribution in [0.2, 0.25) is 0 Å². The van der Waals surface area contributed by atoms with Crippen LogP contribution in [-0.4, -0.2) is 30.5 Å². The summed E-state index contributed by atoms with van der Waals surface area (Å²) in [6, 6.07) is 13.6. The minimum atomic E-state index is -0.250. The first kappa shape index (κ1) is 19.5. The summed E-state index contributed by atoms with van der Waals surface area (Å²) in [4.78, 5) is 14.5. The summed E-state index contributed by atoms with van der Waals surface area (Å²) in [5, 5.41) is 2.98. The molecule has 2 aromatic carbocycles. The summed E-state index contributed by atoms with van der Waals surface area (Å²) in [6.07, 6.45) is 0. The lowest BCUT2D eigenvalue weighted by molar-refractivity contribution is -0.120. The van der Waals surface area contributed by atoms with Crippen LogP contribution in [0.25, 0.3) is 0 Å². The van der Waals surface area contributed by atoms with E-state index in [0.29, 0.717) is 13.2 Å². The van der Waals surface area contributed by atoms with Crippen LogP contribution < -0.4 is 10.1 Å². The van der Waals surface area contributed by atoms with Crippen molar-refractivity contribution in [3.8, 4) is 5.75 Å². The number of ether oxygens (including phenoxy) is 1. The van der Waals surface area contributed by atoms with Gasteiger partial charge in [-0.2, -0.15) is 0 Å². The molecule has 0 aliphatic carbocycles. The zero-order chi connectivity index (χ0) is 18.4. The Labute approximate surface area is 158 Å². The maximum absolute atomic E-state index is 12.5. The molecule has 2 aromatic rings. The lowest BCUT2D eigenvalue weighted by Crippen LogP contribution is -2.39. The molecular weight excluding hydrogens is 380 g/mol. The predicted molar refractivity (Wildman–Crippen MR) is 106 cm³/mol. The Balaban J connectivity index is 1.96. The van der Waals surface area contributed by atoms with Crippen LogP contribution in [0.3, 0.4) is 0 Å². The molecule has 0 aliphatic heterocycles. The number of nitrogens with zero attached hydrogens (tertiary/aromatic N) is 1. The van der Waals surface area contributed by atoms with E-state index in [1.165, 1.54) is 0 Å². The number of anilines is 1. The molecule has 5 heteroatoms. The van der Waals surface area contributed by atoms with Crippen molar-refractivity contribution in [2.75, 3.05) is 19.0 Å². The number of aryl methyl sites for hydroxylation is 1. The van der Waals surface area contributed by atoms with Gasteiger partial charge < -0.3 is 10.1 Å². The Morgan fingerprint density at radius 3 is 2.52 bits per heavy atom. The highest BCUT2D eigenvalue weighted by molar-refractivity contribution is 9.10. The van der Waals surface area contributed by atoms with Gasteiger partial charge in [-0.3, -0.25) is 9.69 Å². The molecule has 0 radical (unpaired) electrons. The van der Waals surface area contributed by atoms with Crippen molar-refractivity contribution in [2.45, 2.75) is 33.4 Å². The van der Waals surface area contributed by atoms with E-state index >= 15 is 0 Å². The summed E-state index contributed by atoms with van der Waals surface area (Å²) in [5.74, 6) is 0.835. The molecule has 134 valence electrons. The minimum Gasteiger partial charge on any atom is -0.494 e. The molecular formula is C20H25BrN2O2. The van der Waals surface area contributed by atoms with E-state index in [9.17, 15) is 4.79 Å². The fraction of sp³-hybridized carbons (Fsp3) is 0.350. The number of benzene rings is 2. The normalized spacial score (nSPS) is 12.1. The third-order valence-corrected chi connectivity index (χ3v) is 4.75. The summed E-state index contributed by atoms with van der Waals surface area (Å²) < 4.78 is 6.35. The molecule has 1 atom stereocenters. The lowest BCUT2D eigenvalue weighted by Gasteiger charge is -2.24. The van der Waals surface area contributed by atoms with Crippen LogP contribution in [0.15, 0.2) is 46.9 Å². The van der Waals surface area contributed by atoms with Crippen molar-refractivity contribution in [3.63, 3.8) is 0 Å². The largest absolute Gasteiger partial charge is 0.494 e. The van der Waals surface area contributed by atoms with Gasteiger partial charge in [0, 0.05) is 11.0 Å². The van der Waals surface area contributed by atoms with E-state index in [2.05, 4.69) is 21.2 Å². The Hall–Kier alpha value is -1.85. The number of carbonyl (C=O) groups excluding carboxylic acids is 1. The molecule has 0 unspecified atom stereocenters. The Morgan fingerprint density at radius 2 is 1.92 bits per heavy atom. The number of hydrogen-bond donors (Lipinski definition) is 1. The molecule has 4 nitrogen and oxygen atoms in total. The highest BCUT2D eigenvalue weighted by Crippen LogP contribution is 2.24. The van der Waals surface area contributed by atoms with Crippen LogP contribution in [0.1, 0.15) is 25.0 Å². The Kier molecular flexibility index (Phi) is 7.02. The third-order valence-electron chi connectivity index (χ3n) is 4.09. The zero-order valence-corrected chi connectivity index (χ0v) is 16.8. The van der Waals surface area contributed by atoms with Crippen LogP contribution in [-0.2, 0) is 11.3 Å². The van der Waals surface area contributed by atoms with Crippen molar-refractivity contribution in [2.24, 2.45) is 0 Å². The van der Waals surface area contributed by atoms with Crippen molar-refractivity contribution in [1.29, 1.82) is 0 Å². The number of hydrogen-bond acceptors (Lipinski definition) is 3. The molecule has 0 saturated heterocycles. The topological polar surface area (TPSA) is 41.6 Å². The van der Waals surface area contributed by atoms with Crippen molar-refractivity contribution in [3.05, 3.63) is 58.1 Å². The second-order valence-electron chi connectivity index (χ2n) is 6.14. The molecule has 2 rings (SSSR count). The standard InChI is InChI=1S/C20H25BrN2O2/c1-5-25-17-9-7-16(8-10-17)13-23(4)15(3)20(24)22-19-11-6-14(2)12-18(19)21/h6-12,15H,5,13H2,1-4H3,(H,22,24)/t15-/m0/s1. The monoisotopic (exact) mass is 404 g/mol. The van der Waals surface area contributed by atoms with Crippen LogP contribution in [0.4, 0.5) is 5.69 Å². The van der Waals surface area contributed by atoms with Gasteiger partial charge in [0.2, 0.25) is 5.91 Å². The first-order valence-electron chi connectivity index (χ1n) is 8.39. The van der Waals surface area contributed by atoms with Crippen LogP contribution >= 0.6 is 15.9 Å². The molecule has 0 fully saturated rings. The van der Waals surface area contributed by atoms with Crippen molar-refractivity contribution in [1.82, 2.24) is 4.90 Å². The number of rotatable bonds is 7. The van der Waals surface area contributed by atoms with Gasteiger partial charge in [-0.25, -0.2) is 0 Å². The van der Waals surface area contributed by atoms with E-state index in [1.54, 1.807) is 0 Å². The van der Waals surface area contributed by atoms with Crippen molar-refractivity contribution < 1.29 is 9.53 Å². The Bertz CT molecular complexity index is 716. The molecule has 0 bridgehead atoms. The summed E-state index contributed by atoms with van der Waals surface area (Å²) in [6.45, 7) is 7.24. The molecule has 0 spiro atoms. The number of likely N-dealkylation sites (N-methyl/N-ethyl adjacent to an activating group) is 1. The number of halogens is 1. The summed E-state index contributed by atoms with van der Waals surface area (Å²) >= 11 is 3.49. The van der Waals surface area contributed by atoms with Crippen LogP contribution in [0, 0.1) is 6.92 Å². The number of carbonyl (C=O) groups is 1. The fourth-order valence-corrected chi connectivity index (χ4v) is 3.03. The lowest BCUT2D eigenvalue weighted by atomic mass is 10.1. The molecule has 0 saturated carbocycles. The van der Waals surface area contributed by atoms with Gasteiger partial charge in [0.05, 0.1) is 18.3 Å². The quantitative estimate of drug-likeness (QED) is 0.731. The SMILES string of the molecule is CCOc1ccc(CN(C)[C@@H](C)C(=O)Nc2ccc(C)cc2Br)cc1. The maximum Gasteiger partial charge on any atom is 0.241 e. The van der Waals surface area contributed by atoms with E-state index in [-0.39, 0.29) is 11.9 Å².